The number of sulfonamides is 1. The Balaban J connectivity index is 2.76. The monoisotopic (exact) mass is 323 g/mol. The summed E-state index contributed by atoms with van der Waals surface area (Å²) in [6.07, 6.45) is 0. The van der Waals surface area contributed by atoms with Gasteiger partial charge in [-0.15, -0.1) is 0 Å². The van der Waals surface area contributed by atoms with Crippen LogP contribution in [0.5, 0.6) is 0 Å². The summed E-state index contributed by atoms with van der Waals surface area (Å²) in [5.74, 6) is -2.55. The summed E-state index contributed by atoms with van der Waals surface area (Å²) in [5, 5.41) is 2.52. The Morgan fingerprint density at radius 3 is 2.55 bits per heavy atom. The van der Waals surface area contributed by atoms with Gasteiger partial charge in [0.05, 0.1) is 11.4 Å². The molecule has 0 unspecified atom stereocenters. The molecule has 1 aromatic carbocycles. The maximum absolute atomic E-state index is 13.7. The number of rotatable bonds is 7. The van der Waals surface area contributed by atoms with Crippen LogP contribution >= 0.6 is 12.2 Å². The molecule has 5 nitrogen and oxygen atoms in total. The molecule has 0 radical (unpaired) electrons. The van der Waals surface area contributed by atoms with Crippen molar-refractivity contribution < 1.29 is 17.2 Å². The van der Waals surface area contributed by atoms with Crippen molar-refractivity contribution in [3.05, 3.63) is 29.3 Å². The number of hydrogen-bond acceptors (Lipinski definition) is 4. The third kappa shape index (κ3) is 4.36. The van der Waals surface area contributed by atoms with E-state index >= 15 is 0 Å². The summed E-state index contributed by atoms with van der Waals surface area (Å²) >= 11 is 4.58. The zero-order valence-electron chi connectivity index (χ0n) is 10.7. The van der Waals surface area contributed by atoms with Crippen LogP contribution in [-0.2, 0) is 10.0 Å². The van der Waals surface area contributed by atoms with E-state index in [1.165, 1.54) is 12.1 Å². The van der Waals surface area contributed by atoms with Crippen molar-refractivity contribution in [3.63, 3.8) is 0 Å². The molecule has 0 aromatic heterocycles. The van der Waals surface area contributed by atoms with Crippen LogP contribution in [0, 0.1) is 11.6 Å². The second-order valence-electron chi connectivity index (χ2n) is 3.90. The van der Waals surface area contributed by atoms with E-state index < -0.39 is 21.7 Å². The average Bonchev–Trinajstić information content (AvgIpc) is 2.34. The lowest BCUT2D eigenvalue weighted by Gasteiger charge is -2.10. The summed E-state index contributed by atoms with van der Waals surface area (Å²) in [4.78, 5) is -0.248. The van der Waals surface area contributed by atoms with Crippen LogP contribution < -0.4 is 15.8 Å². The van der Waals surface area contributed by atoms with Crippen LogP contribution in [0.15, 0.2) is 12.1 Å². The molecule has 0 heterocycles. The number of nitrogens with one attached hydrogen (secondary N) is 2. The van der Waals surface area contributed by atoms with E-state index in [-0.39, 0.29) is 35.1 Å². The number of thiocarbonyl (C=S) groups is 1. The Hall–Kier alpha value is -1.32. The number of nitrogens with two attached hydrogens (primary N) is 1. The molecule has 0 atom stereocenters. The molecule has 0 aliphatic carbocycles. The van der Waals surface area contributed by atoms with Gasteiger partial charge in [-0.3, -0.25) is 0 Å². The largest absolute Gasteiger partial charge is 0.389 e. The van der Waals surface area contributed by atoms with Gasteiger partial charge in [-0.2, -0.15) is 0 Å². The van der Waals surface area contributed by atoms with E-state index in [1.807, 2.05) is 0 Å². The predicted octanol–water partition coefficient (Wildman–Crippen LogP) is 0.950. The molecule has 0 bridgehead atoms. The van der Waals surface area contributed by atoms with Gasteiger partial charge in [0, 0.05) is 18.7 Å². The molecular weight excluding hydrogens is 308 g/mol. The van der Waals surface area contributed by atoms with Crippen LogP contribution in [-0.4, -0.2) is 32.2 Å². The topological polar surface area (TPSA) is 84.2 Å². The van der Waals surface area contributed by atoms with Gasteiger partial charge in [-0.05, 0) is 12.1 Å². The molecule has 0 saturated carbocycles. The molecule has 1 aromatic rings. The van der Waals surface area contributed by atoms with Gasteiger partial charge >= 0.3 is 0 Å². The van der Waals surface area contributed by atoms with Gasteiger partial charge < -0.3 is 11.1 Å². The molecular formula is C11H15F2N3O2S2. The molecule has 0 spiro atoms. The summed E-state index contributed by atoms with van der Waals surface area (Å²) in [6, 6.07) is 2.49. The van der Waals surface area contributed by atoms with E-state index in [9.17, 15) is 17.2 Å². The standard InChI is InChI=1S/C11H15F2N3O2S2/c1-2-16-20(17,18)6-5-15-8-4-3-7(11(14)19)9(12)10(8)13/h3-4,15-16H,2,5-6H2,1H3,(H2,14,19). The fourth-order valence-electron chi connectivity index (χ4n) is 1.49. The first kappa shape index (κ1) is 16.7. The van der Waals surface area contributed by atoms with Gasteiger partial charge in [0.25, 0.3) is 0 Å². The highest BCUT2D eigenvalue weighted by molar-refractivity contribution is 7.89. The van der Waals surface area contributed by atoms with E-state index in [1.54, 1.807) is 6.92 Å². The van der Waals surface area contributed by atoms with Gasteiger partial charge in [0.1, 0.15) is 4.99 Å². The van der Waals surface area contributed by atoms with E-state index in [0.29, 0.717) is 0 Å². The highest BCUT2D eigenvalue weighted by atomic mass is 32.2. The van der Waals surface area contributed by atoms with Gasteiger partial charge in [-0.25, -0.2) is 21.9 Å². The summed E-state index contributed by atoms with van der Waals surface area (Å²) in [7, 11) is -3.42. The molecule has 0 amide bonds. The minimum absolute atomic E-state index is 0.0574. The van der Waals surface area contributed by atoms with Crippen molar-refractivity contribution in [3.8, 4) is 0 Å². The van der Waals surface area contributed by atoms with Gasteiger partial charge in [0.15, 0.2) is 11.6 Å². The number of hydrogen-bond donors (Lipinski definition) is 3. The number of benzene rings is 1. The van der Waals surface area contributed by atoms with Crippen LogP contribution in [0.25, 0.3) is 0 Å². The first-order valence-corrected chi connectivity index (χ1v) is 7.83. The smallest absolute Gasteiger partial charge is 0.213 e. The van der Waals surface area contributed by atoms with Crippen molar-refractivity contribution in [1.29, 1.82) is 0 Å². The highest BCUT2D eigenvalue weighted by Gasteiger charge is 2.15. The lowest BCUT2D eigenvalue weighted by molar-refractivity contribution is 0.509. The van der Waals surface area contributed by atoms with Crippen LogP contribution in [0.2, 0.25) is 0 Å². The second-order valence-corrected chi connectivity index (χ2v) is 6.26. The Morgan fingerprint density at radius 2 is 2.00 bits per heavy atom. The summed E-state index contributed by atoms with van der Waals surface area (Å²) < 4.78 is 52.3. The second kappa shape index (κ2) is 6.91. The molecule has 20 heavy (non-hydrogen) atoms. The minimum atomic E-state index is -3.42. The van der Waals surface area contributed by atoms with Crippen molar-refractivity contribution in [2.24, 2.45) is 5.73 Å². The lowest BCUT2D eigenvalue weighted by atomic mass is 10.2. The first-order valence-electron chi connectivity index (χ1n) is 5.77. The van der Waals surface area contributed by atoms with Gasteiger partial charge in [-0.1, -0.05) is 19.1 Å². The van der Waals surface area contributed by atoms with Crippen molar-refractivity contribution in [2.75, 3.05) is 24.2 Å². The molecule has 0 aliphatic rings. The van der Waals surface area contributed by atoms with Crippen molar-refractivity contribution in [2.45, 2.75) is 6.92 Å². The third-order valence-corrected chi connectivity index (χ3v) is 4.09. The predicted molar refractivity (Wildman–Crippen MR) is 78.2 cm³/mol. The lowest BCUT2D eigenvalue weighted by Crippen LogP contribution is -2.29. The molecule has 0 saturated heterocycles. The van der Waals surface area contributed by atoms with Crippen molar-refractivity contribution >= 4 is 32.9 Å². The fourth-order valence-corrected chi connectivity index (χ4v) is 2.60. The molecule has 0 aliphatic heterocycles. The minimum Gasteiger partial charge on any atom is -0.389 e. The maximum atomic E-state index is 13.7. The van der Waals surface area contributed by atoms with Crippen molar-refractivity contribution in [1.82, 2.24) is 4.72 Å². The average molecular weight is 323 g/mol. The van der Waals surface area contributed by atoms with Crippen LogP contribution in [0.1, 0.15) is 12.5 Å². The Labute approximate surface area is 121 Å². The zero-order chi connectivity index (χ0) is 15.3. The van der Waals surface area contributed by atoms with Gasteiger partial charge in [0.2, 0.25) is 10.0 Å². The summed E-state index contributed by atoms with van der Waals surface area (Å²) in [6.45, 7) is 1.86. The zero-order valence-corrected chi connectivity index (χ0v) is 12.4. The number of anilines is 1. The normalized spacial score (nSPS) is 11.3. The Bertz CT molecular complexity index is 606. The third-order valence-electron chi connectivity index (χ3n) is 2.40. The fraction of sp³-hybridized carbons (Fsp3) is 0.364. The first-order chi connectivity index (χ1) is 9.28. The van der Waals surface area contributed by atoms with Crippen LogP contribution in [0.3, 0.4) is 0 Å². The Morgan fingerprint density at radius 1 is 1.35 bits per heavy atom. The van der Waals surface area contributed by atoms with E-state index in [2.05, 4.69) is 22.3 Å². The van der Waals surface area contributed by atoms with E-state index in [4.69, 9.17) is 5.73 Å². The van der Waals surface area contributed by atoms with E-state index in [0.717, 1.165) is 0 Å². The summed E-state index contributed by atoms with van der Waals surface area (Å²) in [5.41, 5.74) is 4.91. The molecule has 1 rings (SSSR count). The quantitative estimate of drug-likeness (QED) is 0.651. The maximum Gasteiger partial charge on any atom is 0.213 e. The highest BCUT2D eigenvalue weighted by Crippen LogP contribution is 2.20. The van der Waals surface area contributed by atoms with Crippen LogP contribution in [0.4, 0.5) is 14.5 Å². The SMILES string of the molecule is CCNS(=O)(=O)CCNc1ccc(C(N)=S)c(F)c1F. The molecule has 0 fully saturated rings. The number of halogens is 2. The Kier molecular flexibility index (Phi) is 5.78. The molecule has 4 N–H and O–H groups in total. The molecule has 112 valence electrons. The molecule has 9 heteroatoms.